The van der Waals surface area contributed by atoms with Crippen molar-refractivity contribution in [2.45, 2.75) is 39.5 Å². The molecule has 2 amide bonds. The number of pyridine rings is 1. The number of thiophene rings is 1. The Morgan fingerprint density at radius 2 is 1.92 bits per heavy atom. The fourth-order valence-corrected chi connectivity index (χ4v) is 4.62. The Morgan fingerprint density at radius 3 is 2.47 bits per heavy atom. The highest BCUT2D eigenvalue weighted by Gasteiger charge is 2.34. The number of fused-ring (bicyclic) bond motifs is 1. The minimum absolute atomic E-state index is 0.0222. The van der Waals surface area contributed by atoms with Crippen LogP contribution in [0.15, 0.2) is 24.5 Å². The molecule has 0 aliphatic rings. The summed E-state index contributed by atoms with van der Waals surface area (Å²) in [4.78, 5) is 28.7. The number of rotatable bonds is 7. The van der Waals surface area contributed by atoms with Gasteiger partial charge in [-0.15, -0.1) is 11.3 Å². The van der Waals surface area contributed by atoms with E-state index >= 15 is 0 Å². The molecule has 0 unspecified atom stereocenters. The summed E-state index contributed by atoms with van der Waals surface area (Å²) in [6, 6.07) is 1.86. The number of halogens is 5. The van der Waals surface area contributed by atoms with Crippen molar-refractivity contribution in [1.82, 2.24) is 24.5 Å². The minimum atomic E-state index is -4.69. The van der Waals surface area contributed by atoms with Gasteiger partial charge >= 0.3 is 6.18 Å². The second kappa shape index (κ2) is 9.29. The number of primary amides is 1. The molecule has 190 valence electrons. The molecule has 15 heteroatoms. The first-order chi connectivity index (χ1) is 16.9. The van der Waals surface area contributed by atoms with Crippen molar-refractivity contribution in [3.8, 4) is 11.1 Å². The Kier molecular flexibility index (Phi) is 6.51. The molecular weight excluding hydrogens is 509 g/mol. The van der Waals surface area contributed by atoms with Gasteiger partial charge in [-0.25, -0.2) is 13.8 Å². The van der Waals surface area contributed by atoms with Crippen LogP contribution in [0.2, 0.25) is 0 Å². The van der Waals surface area contributed by atoms with E-state index in [9.17, 15) is 31.5 Å². The first-order valence-corrected chi connectivity index (χ1v) is 11.2. The largest absolute Gasteiger partial charge is 0.435 e. The average Bonchev–Trinajstić information content (AvgIpc) is 3.50. The van der Waals surface area contributed by atoms with E-state index in [-0.39, 0.29) is 26.3 Å². The summed E-state index contributed by atoms with van der Waals surface area (Å²) >= 11 is 0.714. The van der Waals surface area contributed by atoms with Crippen LogP contribution in [0.3, 0.4) is 0 Å². The van der Waals surface area contributed by atoms with Gasteiger partial charge in [-0.3, -0.25) is 19.0 Å². The highest BCUT2D eigenvalue weighted by atomic mass is 32.1. The molecule has 4 aromatic rings. The number of carbonyl (C=O) groups excluding carboxylic acids is 2. The number of hydrogen-bond acceptors (Lipinski definition) is 6. The maximum absolute atomic E-state index is 13.6. The van der Waals surface area contributed by atoms with Crippen molar-refractivity contribution in [3.05, 3.63) is 46.5 Å². The van der Waals surface area contributed by atoms with E-state index in [1.807, 2.05) is 6.92 Å². The van der Waals surface area contributed by atoms with Crippen molar-refractivity contribution in [3.63, 3.8) is 0 Å². The van der Waals surface area contributed by atoms with Gasteiger partial charge in [0, 0.05) is 29.9 Å². The first kappa shape index (κ1) is 25.2. The molecule has 9 nitrogen and oxygen atoms in total. The summed E-state index contributed by atoms with van der Waals surface area (Å²) in [5.41, 5.74) is 4.89. The molecule has 0 bridgehead atoms. The monoisotopic (exact) mass is 527 g/mol. The topological polar surface area (TPSA) is 121 Å². The standard InChI is InChI=1S/C21H18F5N7O2S/c1-3-32-7-11(9(2)30-32)10-6-12(18(22)23)28-20-15(10)16(17(36-20)19(27)35)29-14(34)8-33-5-4-13(31-33)21(24,25)26/h4-7,18H,3,8H2,1-2H3,(H2,27,35)(H,29,34). The van der Waals surface area contributed by atoms with Crippen molar-refractivity contribution in [2.75, 3.05) is 5.32 Å². The van der Waals surface area contributed by atoms with Crippen LogP contribution < -0.4 is 11.1 Å². The summed E-state index contributed by atoms with van der Waals surface area (Å²) in [7, 11) is 0. The van der Waals surface area contributed by atoms with Crippen molar-refractivity contribution >= 4 is 39.1 Å². The second-order valence-electron chi connectivity index (χ2n) is 7.67. The van der Waals surface area contributed by atoms with Crippen molar-refractivity contribution in [1.29, 1.82) is 0 Å². The maximum Gasteiger partial charge on any atom is 0.435 e. The van der Waals surface area contributed by atoms with E-state index in [1.165, 1.54) is 0 Å². The van der Waals surface area contributed by atoms with E-state index < -0.39 is 42.3 Å². The molecule has 0 atom stereocenters. The number of nitrogens with two attached hydrogens (primary N) is 1. The van der Waals surface area contributed by atoms with Gasteiger partial charge in [-0.05, 0) is 31.5 Å². The number of alkyl halides is 5. The molecular formula is C21H18F5N7O2S. The number of amides is 2. The number of anilines is 1. The van der Waals surface area contributed by atoms with Gasteiger partial charge < -0.3 is 11.1 Å². The number of carbonyl (C=O) groups is 2. The fraction of sp³-hybridized carbons (Fsp3) is 0.286. The molecule has 0 aliphatic heterocycles. The second-order valence-corrected chi connectivity index (χ2v) is 8.67. The average molecular weight is 527 g/mol. The third-order valence-corrected chi connectivity index (χ3v) is 6.29. The van der Waals surface area contributed by atoms with E-state index in [4.69, 9.17) is 5.73 Å². The van der Waals surface area contributed by atoms with Crippen molar-refractivity contribution < 1.29 is 31.5 Å². The molecule has 36 heavy (non-hydrogen) atoms. The lowest BCUT2D eigenvalue weighted by molar-refractivity contribution is -0.141. The predicted octanol–water partition coefficient (Wildman–Crippen LogP) is 4.38. The highest BCUT2D eigenvalue weighted by Crippen LogP contribution is 2.43. The fourth-order valence-electron chi connectivity index (χ4n) is 3.61. The van der Waals surface area contributed by atoms with Crippen molar-refractivity contribution in [2.24, 2.45) is 5.73 Å². The molecule has 0 aliphatic carbocycles. The van der Waals surface area contributed by atoms with Crippen LogP contribution in [0.25, 0.3) is 21.3 Å². The van der Waals surface area contributed by atoms with Crippen LogP contribution in [0.5, 0.6) is 0 Å². The Bertz CT molecular complexity index is 1470. The molecule has 4 aromatic heterocycles. The molecule has 0 saturated carbocycles. The Morgan fingerprint density at radius 1 is 1.19 bits per heavy atom. The van der Waals surface area contributed by atoms with Gasteiger partial charge in [0.2, 0.25) is 5.91 Å². The molecule has 0 radical (unpaired) electrons. The number of aromatic nitrogens is 5. The molecule has 0 saturated heterocycles. The van der Waals surface area contributed by atoms with Gasteiger partial charge in [0.1, 0.15) is 21.9 Å². The lowest BCUT2D eigenvalue weighted by atomic mass is 10.0. The van der Waals surface area contributed by atoms with Crippen LogP contribution in [0.4, 0.5) is 27.6 Å². The van der Waals surface area contributed by atoms with Crippen LogP contribution in [0.1, 0.15) is 40.1 Å². The SMILES string of the molecule is CCn1cc(-c2cc(C(F)F)nc3sc(C(N)=O)c(NC(=O)Cn4ccc(C(F)(F)F)n4)c23)c(C)n1. The normalized spacial score (nSPS) is 12.0. The lowest BCUT2D eigenvalue weighted by Crippen LogP contribution is -2.21. The molecule has 4 rings (SSSR count). The Labute approximate surface area is 203 Å². The molecule has 0 aromatic carbocycles. The molecule has 0 fully saturated rings. The quantitative estimate of drug-likeness (QED) is 0.346. The molecule has 0 spiro atoms. The van der Waals surface area contributed by atoms with E-state index in [1.54, 1.807) is 17.8 Å². The van der Waals surface area contributed by atoms with E-state index in [0.717, 1.165) is 16.9 Å². The lowest BCUT2D eigenvalue weighted by Gasteiger charge is -2.10. The molecule has 4 heterocycles. The summed E-state index contributed by atoms with van der Waals surface area (Å²) in [5.74, 6) is -1.77. The number of hydrogen-bond donors (Lipinski definition) is 2. The maximum atomic E-state index is 13.6. The summed E-state index contributed by atoms with van der Waals surface area (Å²) in [6.45, 7) is 3.39. The zero-order chi connectivity index (χ0) is 26.4. The first-order valence-electron chi connectivity index (χ1n) is 10.4. The minimum Gasteiger partial charge on any atom is -0.365 e. The number of nitrogens with zero attached hydrogens (tertiary/aromatic N) is 5. The number of nitrogens with one attached hydrogen (secondary N) is 1. The van der Waals surface area contributed by atoms with Gasteiger partial charge in [-0.2, -0.15) is 23.4 Å². The third kappa shape index (κ3) is 4.78. The van der Waals surface area contributed by atoms with Gasteiger partial charge in [0.25, 0.3) is 12.3 Å². The van der Waals surface area contributed by atoms with Gasteiger partial charge in [0.05, 0.1) is 11.4 Å². The van der Waals surface area contributed by atoms with E-state index in [2.05, 4.69) is 20.5 Å². The van der Waals surface area contributed by atoms with Gasteiger partial charge in [0.15, 0.2) is 5.69 Å². The zero-order valence-corrected chi connectivity index (χ0v) is 19.5. The Hall–Kier alpha value is -3.88. The van der Waals surface area contributed by atoms with E-state index in [0.29, 0.717) is 35.2 Å². The molecule has 3 N–H and O–H groups in total. The summed E-state index contributed by atoms with van der Waals surface area (Å²) in [5, 5.41) is 10.3. The van der Waals surface area contributed by atoms with Crippen LogP contribution in [-0.2, 0) is 24.1 Å². The predicted molar refractivity (Wildman–Crippen MR) is 121 cm³/mol. The Balaban J connectivity index is 1.83. The number of aryl methyl sites for hydroxylation is 2. The van der Waals surface area contributed by atoms with Crippen LogP contribution in [-0.4, -0.2) is 36.4 Å². The summed E-state index contributed by atoms with van der Waals surface area (Å²) < 4.78 is 68.1. The van der Waals surface area contributed by atoms with Gasteiger partial charge in [-0.1, -0.05) is 0 Å². The summed E-state index contributed by atoms with van der Waals surface area (Å²) in [6.07, 6.45) is -4.99. The highest BCUT2D eigenvalue weighted by molar-refractivity contribution is 7.21. The van der Waals surface area contributed by atoms with Crippen LogP contribution in [0, 0.1) is 6.92 Å². The zero-order valence-electron chi connectivity index (χ0n) is 18.7. The third-order valence-electron chi connectivity index (χ3n) is 5.19. The smallest absolute Gasteiger partial charge is 0.365 e. The van der Waals surface area contributed by atoms with Crippen LogP contribution >= 0.6 is 11.3 Å².